The Morgan fingerprint density at radius 3 is 2.77 bits per heavy atom. The van der Waals surface area contributed by atoms with E-state index in [2.05, 4.69) is 11.6 Å². The van der Waals surface area contributed by atoms with Gasteiger partial charge in [0.05, 0.1) is 5.69 Å². The Bertz CT molecular complexity index is 308. The molecule has 1 aromatic heterocycles. The van der Waals surface area contributed by atoms with Gasteiger partial charge in [0.2, 0.25) is 0 Å². The minimum atomic E-state index is -0.104. The lowest BCUT2D eigenvalue weighted by Crippen LogP contribution is -2.10. The van der Waals surface area contributed by atoms with Crippen molar-refractivity contribution in [2.24, 2.45) is 5.73 Å². The molecule has 0 unspecified atom stereocenters. The van der Waals surface area contributed by atoms with Crippen LogP contribution in [0.4, 0.5) is 11.5 Å². The second-order valence-electron chi connectivity index (χ2n) is 2.87. The molecule has 1 atom stereocenters. The zero-order valence-electron chi connectivity index (χ0n) is 7.40. The maximum absolute atomic E-state index is 5.82. The molecule has 4 heteroatoms. The maximum atomic E-state index is 5.82. The quantitative estimate of drug-likeness (QED) is 0.597. The first-order chi connectivity index (χ1) is 6.15. The van der Waals surface area contributed by atoms with Crippen LogP contribution in [-0.2, 0) is 0 Å². The average Bonchev–Trinajstić information content (AvgIpc) is 2.10. The van der Waals surface area contributed by atoms with E-state index in [-0.39, 0.29) is 6.04 Å². The smallest absolute Gasteiger partial charge is 0.146 e. The van der Waals surface area contributed by atoms with E-state index in [0.29, 0.717) is 17.9 Å². The third-order valence-corrected chi connectivity index (χ3v) is 1.82. The second kappa shape index (κ2) is 3.91. The third-order valence-electron chi connectivity index (χ3n) is 1.82. The summed E-state index contributed by atoms with van der Waals surface area (Å²) in [5.74, 6) is 0.342. The van der Waals surface area contributed by atoms with Gasteiger partial charge in [0.1, 0.15) is 5.82 Å². The second-order valence-corrected chi connectivity index (χ2v) is 2.87. The van der Waals surface area contributed by atoms with Gasteiger partial charge in [-0.25, -0.2) is 4.98 Å². The Morgan fingerprint density at radius 1 is 1.54 bits per heavy atom. The van der Waals surface area contributed by atoms with Crippen LogP contribution in [0.25, 0.3) is 0 Å². The van der Waals surface area contributed by atoms with E-state index in [1.165, 1.54) is 0 Å². The summed E-state index contributed by atoms with van der Waals surface area (Å²) in [6, 6.07) is 1.64. The summed E-state index contributed by atoms with van der Waals surface area (Å²) in [5, 5.41) is 0. The molecule has 0 saturated heterocycles. The van der Waals surface area contributed by atoms with E-state index in [9.17, 15) is 0 Å². The topological polar surface area (TPSA) is 90.9 Å². The molecule has 1 rings (SSSR count). The Kier molecular flexibility index (Phi) is 2.87. The first kappa shape index (κ1) is 9.54. The molecule has 0 aromatic carbocycles. The lowest BCUT2D eigenvalue weighted by Gasteiger charge is -2.10. The number of nitrogens with two attached hydrogens (primary N) is 3. The zero-order valence-corrected chi connectivity index (χ0v) is 7.40. The maximum Gasteiger partial charge on any atom is 0.146 e. The van der Waals surface area contributed by atoms with Crippen LogP contribution in [-0.4, -0.2) is 4.98 Å². The van der Waals surface area contributed by atoms with Gasteiger partial charge in [-0.1, -0.05) is 6.08 Å². The van der Waals surface area contributed by atoms with Crippen molar-refractivity contribution >= 4 is 11.5 Å². The Labute approximate surface area is 77.4 Å². The van der Waals surface area contributed by atoms with E-state index in [1.807, 2.05) is 0 Å². The normalized spacial score (nSPS) is 12.4. The predicted molar refractivity (Wildman–Crippen MR) is 54.8 cm³/mol. The summed E-state index contributed by atoms with van der Waals surface area (Å²) in [4.78, 5) is 3.92. The van der Waals surface area contributed by atoms with Crippen LogP contribution in [0.3, 0.4) is 0 Å². The van der Waals surface area contributed by atoms with Gasteiger partial charge in [0.25, 0.3) is 0 Å². The van der Waals surface area contributed by atoms with Crippen molar-refractivity contribution in [1.29, 1.82) is 0 Å². The van der Waals surface area contributed by atoms with Gasteiger partial charge in [-0.2, -0.15) is 0 Å². The van der Waals surface area contributed by atoms with Crippen molar-refractivity contribution in [3.05, 3.63) is 30.5 Å². The highest BCUT2D eigenvalue weighted by molar-refractivity contribution is 5.58. The van der Waals surface area contributed by atoms with E-state index in [0.717, 1.165) is 5.56 Å². The molecule has 1 aromatic rings. The molecule has 0 radical (unpaired) electrons. The number of anilines is 2. The van der Waals surface area contributed by atoms with Crippen LogP contribution in [0.5, 0.6) is 0 Å². The standard InChI is InChI=1S/C9H14N4/c1-2-3-7(10)6-4-8(11)9(12)13-5-6/h2,4-5,7H,1,3,10-11H2,(H2,12,13)/t7-/m0/s1. The molecule has 0 aliphatic rings. The SMILES string of the molecule is C=CC[C@H](N)c1cnc(N)c(N)c1. The minimum Gasteiger partial charge on any atom is -0.396 e. The Hall–Kier alpha value is -1.55. The van der Waals surface area contributed by atoms with Gasteiger partial charge in [-0.3, -0.25) is 0 Å². The van der Waals surface area contributed by atoms with Crippen LogP contribution in [0.1, 0.15) is 18.0 Å². The fraction of sp³-hybridized carbons (Fsp3) is 0.222. The third kappa shape index (κ3) is 2.19. The van der Waals surface area contributed by atoms with Gasteiger partial charge >= 0.3 is 0 Å². The highest BCUT2D eigenvalue weighted by Gasteiger charge is 2.05. The molecular formula is C9H14N4. The van der Waals surface area contributed by atoms with Crippen molar-refractivity contribution in [1.82, 2.24) is 4.98 Å². The Morgan fingerprint density at radius 2 is 2.23 bits per heavy atom. The zero-order chi connectivity index (χ0) is 9.84. The molecule has 0 amide bonds. The summed E-state index contributed by atoms with van der Waals surface area (Å²) >= 11 is 0. The highest BCUT2D eigenvalue weighted by Crippen LogP contribution is 2.19. The fourth-order valence-corrected chi connectivity index (χ4v) is 1.03. The molecule has 0 spiro atoms. The molecule has 13 heavy (non-hydrogen) atoms. The monoisotopic (exact) mass is 178 g/mol. The molecule has 1 heterocycles. The van der Waals surface area contributed by atoms with E-state index in [4.69, 9.17) is 17.2 Å². The number of aromatic nitrogens is 1. The fourth-order valence-electron chi connectivity index (χ4n) is 1.03. The Balaban J connectivity index is 2.89. The van der Waals surface area contributed by atoms with Crippen LogP contribution in [0.2, 0.25) is 0 Å². The number of hydrogen-bond donors (Lipinski definition) is 3. The summed E-state index contributed by atoms with van der Waals surface area (Å²) in [6.07, 6.45) is 4.10. The van der Waals surface area contributed by atoms with Gasteiger partial charge in [0, 0.05) is 12.2 Å². The largest absolute Gasteiger partial charge is 0.396 e. The van der Waals surface area contributed by atoms with Crippen LogP contribution in [0.15, 0.2) is 24.9 Å². The molecule has 70 valence electrons. The number of nitrogens with zero attached hydrogens (tertiary/aromatic N) is 1. The van der Waals surface area contributed by atoms with Gasteiger partial charge in [0.15, 0.2) is 0 Å². The van der Waals surface area contributed by atoms with E-state index in [1.54, 1.807) is 18.3 Å². The van der Waals surface area contributed by atoms with Crippen molar-refractivity contribution in [3.8, 4) is 0 Å². The van der Waals surface area contributed by atoms with Gasteiger partial charge < -0.3 is 17.2 Å². The van der Waals surface area contributed by atoms with Crippen molar-refractivity contribution in [2.45, 2.75) is 12.5 Å². The van der Waals surface area contributed by atoms with Crippen LogP contribution in [0, 0.1) is 0 Å². The van der Waals surface area contributed by atoms with Crippen molar-refractivity contribution in [3.63, 3.8) is 0 Å². The summed E-state index contributed by atoms with van der Waals surface area (Å²) in [7, 11) is 0. The molecule has 0 bridgehead atoms. The average molecular weight is 178 g/mol. The van der Waals surface area contributed by atoms with Gasteiger partial charge in [-0.15, -0.1) is 6.58 Å². The van der Waals surface area contributed by atoms with Crippen molar-refractivity contribution in [2.75, 3.05) is 11.5 Å². The lowest BCUT2D eigenvalue weighted by molar-refractivity contribution is 0.738. The first-order valence-corrected chi connectivity index (χ1v) is 4.02. The number of hydrogen-bond acceptors (Lipinski definition) is 4. The van der Waals surface area contributed by atoms with Crippen LogP contribution >= 0.6 is 0 Å². The molecular weight excluding hydrogens is 164 g/mol. The van der Waals surface area contributed by atoms with Crippen molar-refractivity contribution < 1.29 is 0 Å². The molecule has 0 aliphatic carbocycles. The number of pyridine rings is 1. The molecule has 0 fully saturated rings. The highest BCUT2D eigenvalue weighted by atomic mass is 14.9. The number of nitrogen functional groups attached to an aromatic ring is 2. The van der Waals surface area contributed by atoms with E-state index >= 15 is 0 Å². The summed E-state index contributed by atoms with van der Waals surface area (Å²) in [6.45, 7) is 3.61. The summed E-state index contributed by atoms with van der Waals surface area (Å²) in [5.41, 5.74) is 18.2. The van der Waals surface area contributed by atoms with Crippen LogP contribution < -0.4 is 17.2 Å². The van der Waals surface area contributed by atoms with E-state index < -0.39 is 0 Å². The first-order valence-electron chi connectivity index (χ1n) is 4.02. The number of rotatable bonds is 3. The molecule has 0 aliphatic heterocycles. The lowest BCUT2D eigenvalue weighted by atomic mass is 10.1. The molecule has 4 nitrogen and oxygen atoms in total. The van der Waals surface area contributed by atoms with Gasteiger partial charge in [-0.05, 0) is 18.1 Å². The summed E-state index contributed by atoms with van der Waals surface area (Å²) < 4.78 is 0. The molecule has 6 N–H and O–H groups in total. The molecule has 0 saturated carbocycles. The minimum absolute atomic E-state index is 0.104. The predicted octanol–water partition coefficient (Wildman–Crippen LogP) is 0.822.